The molecule has 0 saturated heterocycles. The molecule has 0 bridgehead atoms. The minimum atomic E-state index is -0.314. The molecule has 0 atom stereocenters. The lowest BCUT2D eigenvalue weighted by atomic mass is 10.2. The molecule has 0 aliphatic heterocycles. The number of aromatic nitrogens is 3. The standard InChI is InChI=1S/C10H13N3O2/c1-6(2)5-13-10-7(4-11-13)8(14)3-9(15)12-10/h3-4,6H,5H2,1-2H3,(H2,12,14,15). The molecule has 0 aliphatic carbocycles. The third kappa shape index (κ3) is 1.72. The number of pyridine rings is 1. The number of aromatic hydroxyl groups is 1. The molecular weight excluding hydrogens is 194 g/mol. The molecule has 2 aromatic rings. The second-order valence-corrected chi connectivity index (χ2v) is 4.00. The quantitative estimate of drug-likeness (QED) is 0.774. The average Bonchev–Trinajstić information content (AvgIpc) is 2.48. The summed E-state index contributed by atoms with van der Waals surface area (Å²) in [4.78, 5) is 13.9. The van der Waals surface area contributed by atoms with E-state index in [0.29, 0.717) is 23.5 Å². The summed E-state index contributed by atoms with van der Waals surface area (Å²) >= 11 is 0. The van der Waals surface area contributed by atoms with Crippen molar-refractivity contribution in [2.45, 2.75) is 20.4 Å². The lowest BCUT2D eigenvalue weighted by molar-refractivity contribution is 0.479. The first-order chi connectivity index (χ1) is 7.08. The van der Waals surface area contributed by atoms with Crippen molar-refractivity contribution in [1.82, 2.24) is 14.8 Å². The Labute approximate surface area is 86.4 Å². The van der Waals surface area contributed by atoms with E-state index in [2.05, 4.69) is 23.9 Å². The summed E-state index contributed by atoms with van der Waals surface area (Å²) in [5, 5.41) is 14.2. The highest BCUT2D eigenvalue weighted by molar-refractivity contribution is 5.80. The highest BCUT2D eigenvalue weighted by Gasteiger charge is 2.09. The van der Waals surface area contributed by atoms with Gasteiger partial charge in [-0.1, -0.05) is 13.8 Å². The zero-order chi connectivity index (χ0) is 11.0. The van der Waals surface area contributed by atoms with Crippen molar-refractivity contribution in [3.8, 4) is 5.75 Å². The van der Waals surface area contributed by atoms with Crippen LogP contribution < -0.4 is 5.56 Å². The van der Waals surface area contributed by atoms with Gasteiger partial charge in [0.05, 0.1) is 11.6 Å². The molecule has 80 valence electrons. The van der Waals surface area contributed by atoms with Gasteiger partial charge in [-0.3, -0.25) is 4.79 Å². The Morgan fingerprint density at radius 2 is 2.33 bits per heavy atom. The van der Waals surface area contributed by atoms with Gasteiger partial charge in [0.25, 0.3) is 5.56 Å². The van der Waals surface area contributed by atoms with E-state index in [-0.39, 0.29) is 11.3 Å². The largest absolute Gasteiger partial charge is 0.507 e. The third-order valence-electron chi connectivity index (χ3n) is 2.16. The fourth-order valence-electron chi connectivity index (χ4n) is 1.54. The first kappa shape index (κ1) is 9.76. The van der Waals surface area contributed by atoms with Gasteiger partial charge in [-0.15, -0.1) is 0 Å². The number of nitrogens with zero attached hydrogens (tertiary/aromatic N) is 2. The van der Waals surface area contributed by atoms with Gasteiger partial charge < -0.3 is 10.1 Å². The monoisotopic (exact) mass is 207 g/mol. The van der Waals surface area contributed by atoms with E-state index in [1.54, 1.807) is 10.9 Å². The molecule has 0 unspecified atom stereocenters. The van der Waals surface area contributed by atoms with Gasteiger partial charge >= 0.3 is 0 Å². The Bertz CT molecular complexity index is 539. The summed E-state index contributed by atoms with van der Waals surface area (Å²) < 4.78 is 1.70. The Balaban J connectivity index is 2.63. The second-order valence-electron chi connectivity index (χ2n) is 4.00. The van der Waals surface area contributed by atoms with Crippen molar-refractivity contribution in [2.75, 3.05) is 0 Å². The molecule has 0 fully saturated rings. The fourth-order valence-corrected chi connectivity index (χ4v) is 1.54. The van der Waals surface area contributed by atoms with Gasteiger partial charge in [-0.2, -0.15) is 5.10 Å². The number of rotatable bonds is 2. The van der Waals surface area contributed by atoms with E-state index in [1.165, 1.54) is 0 Å². The Morgan fingerprint density at radius 1 is 1.60 bits per heavy atom. The number of hydrogen-bond acceptors (Lipinski definition) is 3. The van der Waals surface area contributed by atoms with Crippen LogP contribution in [-0.2, 0) is 6.54 Å². The SMILES string of the molecule is CC(C)Cn1ncc2c(O)cc(=O)[nH]c21. The Hall–Kier alpha value is -1.78. The zero-order valence-electron chi connectivity index (χ0n) is 8.69. The van der Waals surface area contributed by atoms with Crippen LogP contribution >= 0.6 is 0 Å². The van der Waals surface area contributed by atoms with Crippen LogP contribution in [0.2, 0.25) is 0 Å². The smallest absolute Gasteiger partial charge is 0.253 e. The second kappa shape index (κ2) is 3.42. The van der Waals surface area contributed by atoms with Gasteiger partial charge in [0.1, 0.15) is 11.4 Å². The van der Waals surface area contributed by atoms with Gasteiger partial charge in [0, 0.05) is 12.6 Å². The molecule has 2 N–H and O–H groups in total. The molecule has 0 amide bonds. The maximum absolute atomic E-state index is 11.2. The maximum atomic E-state index is 11.2. The van der Waals surface area contributed by atoms with E-state index in [0.717, 1.165) is 6.07 Å². The first-order valence-electron chi connectivity index (χ1n) is 4.85. The number of H-pyrrole nitrogens is 1. The Morgan fingerprint density at radius 3 is 3.00 bits per heavy atom. The first-order valence-corrected chi connectivity index (χ1v) is 4.85. The highest BCUT2D eigenvalue weighted by Crippen LogP contribution is 2.20. The van der Waals surface area contributed by atoms with Crippen LogP contribution in [0, 0.1) is 5.92 Å². The number of hydrogen-bond donors (Lipinski definition) is 2. The van der Waals surface area contributed by atoms with Crippen molar-refractivity contribution in [3.05, 3.63) is 22.6 Å². The molecule has 5 nitrogen and oxygen atoms in total. The Kier molecular flexibility index (Phi) is 2.22. The molecule has 0 aliphatic rings. The van der Waals surface area contributed by atoms with Gasteiger partial charge in [0.2, 0.25) is 0 Å². The topological polar surface area (TPSA) is 70.9 Å². The third-order valence-corrected chi connectivity index (χ3v) is 2.16. The van der Waals surface area contributed by atoms with Gasteiger partial charge in [-0.25, -0.2) is 4.68 Å². The fraction of sp³-hybridized carbons (Fsp3) is 0.400. The van der Waals surface area contributed by atoms with Crippen LogP contribution in [0.4, 0.5) is 0 Å². The van der Waals surface area contributed by atoms with Crippen LogP contribution in [0.5, 0.6) is 5.75 Å². The van der Waals surface area contributed by atoms with Gasteiger partial charge in [0.15, 0.2) is 0 Å². The molecule has 2 heterocycles. The summed E-state index contributed by atoms with van der Waals surface area (Å²) in [5.74, 6) is 0.405. The summed E-state index contributed by atoms with van der Waals surface area (Å²) in [6.07, 6.45) is 1.56. The van der Waals surface area contributed by atoms with Crippen molar-refractivity contribution < 1.29 is 5.11 Å². The van der Waals surface area contributed by atoms with E-state index >= 15 is 0 Å². The maximum Gasteiger partial charge on any atom is 0.253 e. The summed E-state index contributed by atoms with van der Waals surface area (Å²) in [7, 11) is 0. The van der Waals surface area contributed by atoms with Crippen LogP contribution in [0.15, 0.2) is 17.1 Å². The molecule has 2 aromatic heterocycles. The predicted octanol–water partition coefficient (Wildman–Crippen LogP) is 1.09. The number of aromatic amines is 1. The van der Waals surface area contributed by atoms with E-state index in [1.807, 2.05) is 0 Å². The molecule has 0 radical (unpaired) electrons. The van der Waals surface area contributed by atoms with Crippen LogP contribution in [-0.4, -0.2) is 19.9 Å². The van der Waals surface area contributed by atoms with Crippen LogP contribution in [0.1, 0.15) is 13.8 Å². The lowest BCUT2D eigenvalue weighted by Gasteiger charge is -2.05. The molecule has 0 spiro atoms. The molecule has 0 saturated carbocycles. The van der Waals surface area contributed by atoms with Crippen molar-refractivity contribution in [2.24, 2.45) is 5.92 Å². The normalized spacial score (nSPS) is 11.4. The van der Waals surface area contributed by atoms with E-state index in [4.69, 9.17) is 0 Å². The molecule has 15 heavy (non-hydrogen) atoms. The van der Waals surface area contributed by atoms with Crippen molar-refractivity contribution >= 4 is 11.0 Å². The minimum Gasteiger partial charge on any atom is -0.507 e. The van der Waals surface area contributed by atoms with Crippen LogP contribution in [0.3, 0.4) is 0 Å². The molecule has 0 aromatic carbocycles. The molecule has 2 rings (SSSR count). The van der Waals surface area contributed by atoms with E-state index < -0.39 is 0 Å². The molecular formula is C10H13N3O2. The summed E-state index contributed by atoms with van der Waals surface area (Å²) in [5.41, 5.74) is 0.263. The van der Waals surface area contributed by atoms with E-state index in [9.17, 15) is 9.90 Å². The lowest BCUT2D eigenvalue weighted by Crippen LogP contribution is -2.10. The number of fused-ring (bicyclic) bond motifs is 1. The van der Waals surface area contributed by atoms with Crippen molar-refractivity contribution in [3.63, 3.8) is 0 Å². The summed E-state index contributed by atoms with van der Waals surface area (Å²) in [6, 6.07) is 1.16. The average molecular weight is 207 g/mol. The number of nitrogens with one attached hydrogen (secondary N) is 1. The van der Waals surface area contributed by atoms with Crippen molar-refractivity contribution in [1.29, 1.82) is 0 Å². The van der Waals surface area contributed by atoms with Crippen LogP contribution in [0.25, 0.3) is 11.0 Å². The molecule has 5 heteroatoms. The highest BCUT2D eigenvalue weighted by atomic mass is 16.3. The summed E-state index contributed by atoms with van der Waals surface area (Å²) in [6.45, 7) is 4.84. The zero-order valence-corrected chi connectivity index (χ0v) is 8.69. The van der Waals surface area contributed by atoms with Gasteiger partial charge in [-0.05, 0) is 5.92 Å². The predicted molar refractivity (Wildman–Crippen MR) is 56.9 cm³/mol. The minimum absolute atomic E-state index is 0.0243.